The predicted molar refractivity (Wildman–Crippen MR) is 131 cm³/mol. The minimum atomic E-state index is -0.284. The van der Waals surface area contributed by atoms with Crippen LogP contribution >= 0.6 is 15.9 Å². The van der Waals surface area contributed by atoms with E-state index < -0.39 is 0 Å². The van der Waals surface area contributed by atoms with E-state index in [4.69, 9.17) is 5.73 Å². The number of hydrogen-bond donors (Lipinski definition) is 4. The smallest absolute Gasteiger partial charge is 0.251 e. The fourth-order valence-electron chi connectivity index (χ4n) is 4.43. The van der Waals surface area contributed by atoms with E-state index in [1.165, 1.54) is 0 Å². The van der Waals surface area contributed by atoms with Crippen LogP contribution in [0.5, 0.6) is 0 Å². The van der Waals surface area contributed by atoms with Crippen LogP contribution < -0.4 is 21.7 Å². The molecule has 0 bridgehead atoms. The maximum atomic E-state index is 12.6. The van der Waals surface area contributed by atoms with Gasteiger partial charge in [0.25, 0.3) is 5.91 Å². The number of carbonyl (C=O) groups is 2. The summed E-state index contributed by atoms with van der Waals surface area (Å²) in [6.45, 7) is 2.00. The third-order valence-electron chi connectivity index (χ3n) is 6.40. The molecule has 33 heavy (non-hydrogen) atoms. The lowest BCUT2D eigenvalue weighted by molar-refractivity contribution is -0.121. The monoisotopic (exact) mass is 515 g/mol. The van der Waals surface area contributed by atoms with Crippen LogP contribution in [0.15, 0.2) is 34.9 Å². The van der Waals surface area contributed by atoms with Gasteiger partial charge in [0.2, 0.25) is 11.9 Å². The maximum absolute atomic E-state index is 12.6. The zero-order valence-electron chi connectivity index (χ0n) is 18.7. The zero-order valence-corrected chi connectivity index (χ0v) is 20.3. The number of rotatable bonds is 7. The molecule has 176 valence electrons. The molecule has 1 saturated carbocycles. The van der Waals surface area contributed by atoms with Crippen molar-refractivity contribution in [2.75, 3.05) is 30.8 Å². The summed E-state index contributed by atoms with van der Waals surface area (Å²) < 4.78 is 0.712. The zero-order chi connectivity index (χ0) is 23.4. The molecule has 1 saturated heterocycles. The van der Waals surface area contributed by atoms with Crippen LogP contribution in [0.3, 0.4) is 0 Å². The Bertz CT molecular complexity index is 993. The molecular formula is C23H30BrN7O2. The van der Waals surface area contributed by atoms with Crippen molar-refractivity contribution in [1.29, 1.82) is 0 Å². The average molecular weight is 516 g/mol. The molecule has 1 aromatic heterocycles. The number of primary amides is 1. The summed E-state index contributed by atoms with van der Waals surface area (Å²) in [6, 6.07) is 7.44. The van der Waals surface area contributed by atoms with E-state index in [-0.39, 0.29) is 29.8 Å². The fraction of sp³-hybridized carbons (Fsp3) is 0.478. The Hall–Kier alpha value is -2.72. The van der Waals surface area contributed by atoms with Crippen molar-refractivity contribution in [3.63, 3.8) is 0 Å². The number of hydrogen-bond acceptors (Lipinski definition) is 7. The number of benzene rings is 1. The van der Waals surface area contributed by atoms with Gasteiger partial charge in [-0.3, -0.25) is 9.59 Å². The van der Waals surface area contributed by atoms with Gasteiger partial charge in [-0.15, -0.1) is 0 Å². The van der Waals surface area contributed by atoms with Crippen LogP contribution in [-0.2, 0) is 4.79 Å². The number of nitrogens with one attached hydrogen (secondary N) is 3. The second-order valence-electron chi connectivity index (χ2n) is 8.83. The summed E-state index contributed by atoms with van der Waals surface area (Å²) in [5.74, 6) is 0.491. The van der Waals surface area contributed by atoms with Gasteiger partial charge in [-0.25, -0.2) is 4.98 Å². The number of aromatic nitrogens is 2. The summed E-state index contributed by atoms with van der Waals surface area (Å²) in [5, 5.41) is 9.64. The highest BCUT2D eigenvalue weighted by Crippen LogP contribution is 2.30. The lowest BCUT2D eigenvalue weighted by atomic mass is 10.0. The number of amides is 2. The van der Waals surface area contributed by atoms with Gasteiger partial charge in [-0.05, 0) is 86.0 Å². The average Bonchev–Trinajstić information content (AvgIpc) is 3.27. The second-order valence-corrected chi connectivity index (χ2v) is 9.69. The third kappa shape index (κ3) is 6.00. The fourth-order valence-corrected chi connectivity index (χ4v) is 4.74. The molecule has 1 aliphatic carbocycles. The summed E-state index contributed by atoms with van der Waals surface area (Å²) in [6.07, 6.45) is 6.22. The Morgan fingerprint density at radius 1 is 1.12 bits per heavy atom. The molecule has 4 rings (SSSR count). The standard InChI is InChI=1S/C23H30BrN7O2/c1-31-11-9-16(10-12-31)27-22(33)14-5-7-15(8-6-14)28-23-26-13-18(24)21(30-23)29-19-4-2-3-17(19)20(25)32/h5-8,13,16-17,19H,2-4,9-12H2,1H3,(H2,25,32)(H,27,33)(H2,26,28,29,30)/t17-,19+/m0/s1. The Kier molecular flexibility index (Phi) is 7.44. The van der Waals surface area contributed by atoms with Gasteiger partial charge >= 0.3 is 0 Å². The lowest BCUT2D eigenvalue weighted by Crippen LogP contribution is -2.43. The normalized spacial score (nSPS) is 21.5. The van der Waals surface area contributed by atoms with Crippen LogP contribution in [0.1, 0.15) is 42.5 Å². The van der Waals surface area contributed by atoms with E-state index in [2.05, 4.69) is 53.8 Å². The van der Waals surface area contributed by atoms with Crippen molar-refractivity contribution in [3.8, 4) is 0 Å². The number of piperidine rings is 1. The molecule has 0 spiro atoms. The van der Waals surface area contributed by atoms with Crippen molar-refractivity contribution < 1.29 is 9.59 Å². The molecule has 2 heterocycles. The number of nitrogens with zero attached hydrogens (tertiary/aromatic N) is 3. The van der Waals surface area contributed by atoms with Gasteiger partial charge in [0.15, 0.2) is 0 Å². The second kappa shape index (κ2) is 10.5. The summed E-state index contributed by atoms with van der Waals surface area (Å²) in [5.41, 5.74) is 6.93. The highest BCUT2D eigenvalue weighted by Gasteiger charge is 2.32. The molecule has 2 amide bonds. The SMILES string of the molecule is CN1CCC(NC(=O)c2ccc(Nc3ncc(Br)c(N[C@@H]4CCC[C@@H]4C(N)=O)n3)cc2)CC1. The number of likely N-dealkylation sites (tertiary alicyclic amines) is 1. The van der Waals surface area contributed by atoms with Crippen LogP contribution in [0.25, 0.3) is 0 Å². The molecule has 0 unspecified atom stereocenters. The van der Waals surface area contributed by atoms with Crippen LogP contribution in [0.4, 0.5) is 17.5 Å². The van der Waals surface area contributed by atoms with Gasteiger partial charge in [0, 0.05) is 29.5 Å². The van der Waals surface area contributed by atoms with Crippen molar-refractivity contribution >= 4 is 45.2 Å². The first kappa shape index (κ1) is 23.4. The molecule has 2 atom stereocenters. The highest BCUT2D eigenvalue weighted by atomic mass is 79.9. The summed E-state index contributed by atoms with van der Waals surface area (Å²) in [4.78, 5) is 35.4. The molecule has 9 nitrogen and oxygen atoms in total. The van der Waals surface area contributed by atoms with Gasteiger partial charge in [0.05, 0.1) is 10.4 Å². The Balaban J connectivity index is 1.37. The quantitative estimate of drug-likeness (QED) is 0.446. The molecule has 1 aliphatic heterocycles. The van der Waals surface area contributed by atoms with Crippen LogP contribution in [-0.4, -0.2) is 58.9 Å². The van der Waals surface area contributed by atoms with E-state index in [1.807, 2.05) is 12.1 Å². The van der Waals surface area contributed by atoms with Crippen molar-refractivity contribution in [1.82, 2.24) is 20.2 Å². The third-order valence-corrected chi connectivity index (χ3v) is 6.98. The summed E-state index contributed by atoms with van der Waals surface area (Å²) in [7, 11) is 2.10. The molecule has 2 aromatic rings. The largest absolute Gasteiger partial charge is 0.369 e. The summed E-state index contributed by atoms with van der Waals surface area (Å²) >= 11 is 3.47. The highest BCUT2D eigenvalue weighted by molar-refractivity contribution is 9.10. The van der Waals surface area contributed by atoms with Crippen molar-refractivity contribution in [3.05, 3.63) is 40.5 Å². The maximum Gasteiger partial charge on any atom is 0.251 e. The van der Waals surface area contributed by atoms with Crippen molar-refractivity contribution in [2.45, 2.75) is 44.2 Å². The minimum Gasteiger partial charge on any atom is -0.369 e. The van der Waals surface area contributed by atoms with E-state index in [9.17, 15) is 9.59 Å². The van der Waals surface area contributed by atoms with E-state index in [0.29, 0.717) is 21.8 Å². The molecule has 5 N–H and O–H groups in total. The molecule has 10 heteroatoms. The first-order valence-corrected chi connectivity index (χ1v) is 12.1. The van der Waals surface area contributed by atoms with Gasteiger partial charge < -0.3 is 26.6 Å². The molecule has 1 aromatic carbocycles. The van der Waals surface area contributed by atoms with E-state index in [0.717, 1.165) is 50.9 Å². The first-order chi connectivity index (χ1) is 15.9. The van der Waals surface area contributed by atoms with Gasteiger partial charge in [0.1, 0.15) is 5.82 Å². The minimum absolute atomic E-state index is 0.0380. The molecule has 2 aliphatic rings. The van der Waals surface area contributed by atoms with E-state index >= 15 is 0 Å². The number of anilines is 3. The van der Waals surface area contributed by atoms with Crippen LogP contribution in [0.2, 0.25) is 0 Å². The van der Waals surface area contributed by atoms with Gasteiger partial charge in [-0.2, -0.15) is 4.98 Å². The number of nitrogens with two attached hydrogens (primary N) is 1. The topological polar surface area (TPSA) is 125 Å². The Labute approximate surface area is 202 Å². The van der Waals surface area contributed by atoms with Crippen LogP contribution in [0, 0.1) is 5.92 Å². The number of carbonyl (C=O) groups excluding carboxylic acids is 2. The van der Waals surface area contributed by atoms with E-state index in [1.54, 1.807) is 18.3 Å². The van der Waals surface area contributed by atoms with Crippen molar-refractivity contribution in [2.24, 2.45) is 11.7 Å². The predicted octanol–water partition coefficient (Wildman–Crippen LogP) is 2.87. The number of halogens is 1. The molecular weight excluding hydrogens is 486 g/mol. The lowest BCUT2D eigenvalue weighted by Gasteiger charge is -2.29. The van der Waals surface area contributed by atoms with Gasteiger partial charge in [-0.1, -0.05) is 6.42 Å². The Morgan fingerprint density at radius 3 is 2.55 bits per heavy atom. The molecule has 2 fully saturated rings. The molecule has 0 radical (unpaired) electrons. The first-order valence-electron chi connectivity index (χ1n) is 11.3. The Morgan fingerprint density at radius 2 is 1.85 bits per heavy atom.